The highest BCUT2D eigenvalue weighted by molar-refractivity contribution is 7.80. The van der Waals surface area contributed by atoms with E-state index in [1.165, 1.54) is 19.2 Å². The van der Waals surface area contributed by atoms with E-state index in [0.29, 0.717) is 5.70 Å². The van der Waals surface area contributed by atoms with E-state index in [1.807, 2.05) is 0 Å². The fraction of sp³-hybridized carbons (Fsp3) is 0.333. The van der Waals surface area contributed by atoms with Crippen LogP contribution in [-0.2, 0) is 14.3 Å². The van der Waals surface area contributed by atoms with Crippen molar-refractivity contribution in [3.05, 3.63) is 45.9 Å². The maximum Gasteiger partial charge on any atom is 0.338 e. The van der Waals surface area contributed by atoms with Gasteiger partial charge in [0.2, 0.25) is 0 Å². The number of benzene rings is 1. The van der Waals surface area contributed by atoms with Crippen molar-refractivity contribution < 1.29 is 18.7 Å². The van der Waals surface area contributed by atoms with Crippen LogP contribution < -0.4 is 10.6 Å². The van der Waals surface area contributed by atoms with Gasteiger partial charge in [0.1, 0.15) is 12.4 Å². The van der Waals surface area contributed by atoms with E-state index in [4.69, 9.17) is 33.3 Å². The third-order valence-corrected chi connectivity index (χ3v) is 3.85. The molecule has 0 amide bonds. The summed E-state index contributed by atoms with van der Waals surface area (Å²) in [5.41, 5.74) is 0.859. The summed E-state index contributed by atoms with van der Waals surface area (Å²) >= 11 is 11.2. The standard InChI is InChI=1S/C15H16ClFN2O3S/c1-8-11(14(20)22-7-6-21-2)13(19-15(23)18-8)12-9(16)4-3-5-10(12)17/h3-5,13H,6-7H2,1-2H3,(H2,18,19,23)/t13-/m1/s1. The Morgan fingerprint density at radius 1 is 1.43 bits per heavy atom. The predicted molar refractivity (Wildman–Crippen MR) is 88.6 cm³/mol. The number of carbonyl (C=O) groups excluding carboxylic acids is 1. The van der Waals surface area contributed by atoms with Gasteiger partial charge < -0.3 is 20.1 Å². The molecule has 0 unspecified atom stereocenters. The Kier molecular flexibility index (Phi) is 5.92. The maximum absolute atomic E-state index is 14.2. The Balaban J connectivity index is 2.40. The van der Waals surface area contributed by atoms with Crippen LogP contribution in [0.3, 0.4) is 0 Å². The van der Waals surface area contributed by atoms with Gasteiger partial charge in [-0.3, -0.25) is 0 Å². The van der Waals surface area contributed by atoms with Gasteiger partial charge in [0.25, 0.3) is 0 Å². The molecule has 8 heteroatoms. The zero-order valence-electron chi connectivity index (χ0n) is 12.6. The van der Waals surface area contributed by atoms with Gasteiger partial charge in [-0.25, -0.2) is 9.18 Å². The lowest BCUT2D eigenvalue weighted by Gasteiger charge is -2.30. The third kappa shape index (κ3) is 3.99. The van der Waals surface area contributed by atoms with Crippen LogP contribution in [0.15, 0.2) is 29.5 Å². The Hall–Kier alpha value is -1.70. The van der Waals surface area contributed by atoms with E-state index in [2.05, 4.69) is 10.6 Å². The van der Waals surface area contributed by atoms with Crippen molar-refractivity contribution in [3.63, 3.8) is 0 Å². The molecule has 1 aliphatic heterocycles. The molecular formula is C15H16ClFN2O3S. The molecule has 0 aromatic heterocycles. The fourth-order valence-corrected chi connectivity index (χ4v) is 2.81. The van der Waals surface area contributed by atoms with Crippen molar-refractivity contribution in [3.8, 4) is 0 Å². The minimum absolute atomic E-state index is 0.0916. The highest BCUT2D eigenvalue weighted by Gasteiger charge is 2.33. The first-order chi connectivity index (χ1) is 11.0. The predicted octanol–water partition coefficient (Wildman–Crippen LogP) is 2.46. The Bertz CT molecular complexity index is 646. The SMILES string of the molecule is COCCOC(=O)C1=C(C)NC(=S)N[C@H]1c1c(F)cccc1Cl. The lowest BCUT2D eigenvalue weighted by molar-refractivity contribution is -0.140. The Morgan fingerprint density at radius 3 is 2.83 bits per heavy atom. The largest absolute Gasteiger partial charge is 0.460 e. The number of rotatable bonds is 5. The highest BCUT2D eigenvalue weighted by atomic mass is 35.5. The number of methoxy groups -OCH3 is 1. The van der Waals surface area contributed by atoms with E-state index < -0.39 is 17.8 Å². The summed E-state index contributed by atoms with van der Waals surface area (Å²) < 4.78 is 24.2. The summed E-state index contributed by atoms with van der Waals surface area (Å²) in [6.45, 7) is 2.03. The van der Waals surface area contributed by atoms with Crippen LogP contribution in [-0.4, -0.2) is 31.4 Å². The summed E-state index contributed by atoms with van der Waals surface area (Å²) in [7, 11) is 1.50. The van der Waals surface area contributed by atoms with Crippen molar-refractivity contribution in [1.29, 1.82) is 0 Å². The zero-order chi connectivity index (χ0) is 17.0. The van der Waals surface area contributed by atoms with Crippen LogP contribution in [0.25, 0.3) is 0 Å². The first kappa shape index (κ1) is 17.7. The summed E-state index contributed by atoms with van der Waals surface area (Å²) in [5, 5.41) is 6.19. The topological polar surface area (TPSA) is 59.6 Å². The van der Waals surface area contributed by atoms with E-state index in [1.54, 1.807) is 13.0 Å². The minimum Gasteiger partial charge on any atom is -0.460 e. The van der Waals surface area contributed by atoms with Crippen LogP contribution >= 0.6 is 23.8 Å². The second kappa shape index (κ2) is 7.72. The van der Waals surface area contributed by atoms with Crippen molar-refractivity contribution in [2.24, 2.45) is 0 Å². The van der Waals surface area contributed by atoms with Crippen LogP contribution in [0.1, 0.15) is 18.5 Å². The number of hydrogen-bond acceptors (Lipinski definition) is 4. The molecule has 0 bridgehead atoms. The molecule has 2 rings (SSSR count). The molecule has 1 aromatic carbocycles. The number of nitrogens with one attached hydrogen (secondary N) is 2. The van der Waals surface area contributed by atoms with Crippen molar-refractivity contribution in [2.45, 2.75) is 13.0 Å². The van der Waals surface area contributed by atoms with Gasteiger partial charge in [-0.1, -0.05) is 17.7 Å². The molecule has 2 N–H and O–H groups in total. The van der Waals surface area contributed by atoms with Gasteiger partial charge >= 0.3 is 5.97 Å². The van der Waals surface area contributed by atoms with Gasteiger partial charge in [0, 0.05) is 23.4 Å². The van der Waals surface area contributed by atoms with Gasteiger partial charge in [0.05, 0.1) is 18.2 Å². The first-order valence-corrected chi connectivity index (χ1v) is 7.62. The normalized spacial score (nSPS) is 17.6. The maximum atomic E-state index is 14.2. The van der Waals surface area contributed by atoms with Crippen LogP contribution in [0.4, 0.5) is 4.39 Å². The molecule has 5 nitrogen and oxygen atoms in total. The van der Waals surface area contributed by atoms with E-state index in [-0.39, 0.29) is 34.5 Å². The smallest absolute Gasteiger partial charge is 0.338 e. The molecular weight excluding hydrogens is 343 g/mol. The molecule has 0 saturated carbocycles. The Morgan fingerprint density at radius 2 is 2.17 bits per heavy atom. The van der Waals surface area contributed by atoms with E-state index in [0.717, 1.165) is 0 Å². The fourth-order valence-electron chi connectivity index (χ4n) is 2.26. The number of thiocarbonyl (C=S) groups is 1. The monoisotopic (exact) mass is 358 g/mol. The van der Waals surface area contributed by atoms with Crippen LogP contribution in [0.5, 0.6) is 0 Å². The summed E-state index contributed by atoms with van der Waals surface area (Å²) in [6.07, 6.45) is 0. The molecule has 0 aliphatic carbocycles. The van der Waals surface area contributed by atoms with Gasteiger partial charge in [-0.2, -0.15) is 0 Å². The lowest BCUT2D eigenvalue weighted by Crippen LogP contribution is -2.45. The number of allylic oxidation sites excluding steroid dienone is 1. The summed E-state index contributed by atoms with van der Waals surface area (Å²) in [6, 6.07) is 3.49. The average molecular weight is 359 g/mol. The third-order valence-electron chi connectivity index (χ3n) is 3.30. The van der Waals surface area contributed by atoms with Crippen LogP contribution in [0.2, 0.25) is 5.02 Å². The quantitative estimate of drug-likeness (QED) is 0.479. The second-order valence-corrected chi connectivity index (χ2v) is 5.65. The molecule has 1 atom stereocenters. The molecule has 1 aliphatic rings. The lowest BCUT2D eigenvalue weighted by atomic mass is 9.95. The zero-order valence-corrected chi connectivity index (χ0v) is 14.2. The average Bonchev–Trinajstić information content (AvgIpc) is 2.46. The van der Waals surface area contributed by atoms with Gasteiger partial charge in [-0.05, 0) is 31.3 Å². The molecule has 0 radical (unpaired) electrons. The summed E-state index contributed by atoms with van der Waals surface area (Å²) in [4.78, 5) is 12.4. The minimum atomic E-state index is -0.826. The molecule has 1 aromatic rings. The summed E-state index contributed by atoms with van der Waals surface area (Å²) in [5.74, 6) is -1.12. The molecule has 1 heterocycles. The molecule has 0 saturated heterocycles. The molecule has 23 heavy (non-hydrogen) atoms. The number of ether oxygens (including phenoxy) is 2. The molecule has 0 fully saturated rings. The second-order valence-electron chi connectivity index (χ2n) is 4.83. The number of carbonyl (C=O) groups is 1. The Labute approximate surface area is 143 Å². The number of hydrogen-bond donors (Lipinski definition) is 2. The highest BCUT2D eigenvalue weighted by Crippen LogP contribution is 2.33. The molecule has 124 valence electrons. The van der Waals surface area contributed by atoms with E-state index >= 15 is 0 Å². The van der Waals surface area contributed by atoms with Gasteiger partial charge in [0.15, 0.2) is 5.11 Å². The van der Waals surface area contributed by atoms with Crippen molar-refractivity contribution in [1.82, 2.24) is 10.6 Å². The van der Waals surface area contributed by atoms with E-state index in [9.17, 15) is 9.18 Å². The number of esters is 1. The first-order valence-electron chi connectivity index (χ1n) is 6.84. The molecule has 0 spiro atoms. The van der Waals surface area contributed by atoms with Gasteiger partial charge in [-0.15, -0.1) is 0 Å². The van der Waals surface area contributed by atoms with Crippen LogP contribution in [0, 0.1) is 5.82 Å². The van der Waals surface area contributed by atoms with Crippen molar-refractivity contribution >= 4 is 34.9 Å². The van der Waals surface area contributed by atoms with Crippen molar-refractivity contribution in [2.75, 3.05) is 20.3 Å². The number of halogens is 2.